The van der Waals surface area contributed by atoms with Crippen LogP contribution in [0, 0.1) is 5.92 Å². The van der Waals surface area contributed by atoms with Gasteiger partial charge in [-0.3, -0.25) is 4.79 Å². The average Bonchev–Trinajstić information content (AvgIpc) is 2.99. The van der Waals surface area contributed by atoms with Crippen LogP contribution in [0.5, 0.6) is 0 Å². The highest BCUT2D eigenvalue weighted by Gasteiger charge is 2.20. The molecule has 1 amide bonds. The van der Waals surface area contributed by atoms with Crippen LogP contribution in [0.2, 0.25) is 0 Å². The monoisotopic (exact) mass is 331 g/mol. The summed E-state index contributed by atoms with van der Waals surface area (Å²) < 4.78 is 0. The van der Waals surface area contributed by atoms with Crippen molar-refractivity contribution < 1.29 is 15.0 Å². The van der Waals surface area contributed by atoms with E-state index < -0.39 is 6.10 Å². The summed E-state index contributed by atoms with van der Waals surface area (Å²) in [6, 6.07) is 7.95. The van der Waals surface area contributed by atoms with E-state index in [-0.39, 0.29) is 36.3 Å². The van der Waals surface area contributed by atoms with Gasteiger partial charge in [-0.2, -0.15) is 0 Å². The maximum atomic E-state index is 12.0. The molecule has 4 nitrogen and oxygen atoms in total. The summed E-state index contributed by atoms with van der Waals surface area (Å²) in [5, 5.41) is 22.3. The third-order valence-corrected chi connectivity index (χ3v) is 4.56. The number of benzene rings is 1. The number of aliphatic hydroxyl groups excluding tert-OH is 2. The second-order valence-electron chi connectivity index (χ2n) is 7.66. The van der Waals surface area contributed by atoms with E-state index in [1.807, 2.05) is 36.4 Å². The van der Waals surface area contributed by atoms with Crippen molar-refractivity contribution in [3.05, 3.63) is 47.5 Å². The van der Waals surface area contributed by atoms with Gasteiger partial charge in [0, 0.05) is 25.0 Å². The highest BCUT2D eigenvalue weighted by molar-refractivity contribution is 5.76. The number of carbonyl (C=O) groups is 1. The van der Waals surface area contributed by atoms with Crippen molar-refractivity contribution in [3.8, 4) is 0 Å². The molecule has 0 fully saturated rings. The first-order valence-electron chi connectivity index (χ1n) is 8.66. The molecule has 0 saturated carbocycles. The summed E-state index contributed by atoms with van der Waals surface area (Å²) >= 11 is 0. The van der Waals surface area contributed by atoms with Gasteiger partial charge in [0.25, 0.3) is 0 Å². The molecule has 24 heavy (non-hydrogen) atoms. The fourth-order valence-corrected chi connectivity index (χ4v) is 2.94. The molecule has 0 bridgehead atoms. The van der Waals surface area contributed by atoms with Gasteiger partial charge in [-0.1, -0.05) is 57.2 Å². The number of aliphatic hydroxyl groups is 2. The summed E-state index contributed by atoms with van der Waals surface area (Å²) in [6.45, 7) is 6.58. The van der Waals surface area contributed by atoms with Crippen molar-refractivity contribution in [2.45, 2.75) is 57.6 Å². The zero-order valence-electron chi connectivity index (χ0n) is 14.8. The number of hydrogen-bond donors (Lipinski definition) is 3. The van der Waals surface area contributed by atoms with Gasteiger partial charge in [-0.15, -0.1) is 0 Å². The van der Waals surface area contributed by atoms with Gasteiger partial charge in [0.15, 0.2) is 0 Å². The predicted molar refractivity (Wildman–Crippen MR) is 95.6 cm³/mol. The van der Waals surface area contributed by atoms with Gasteiger partial charge >= 0.3 is 0 Å². The Hall–Kier alpha value is -1.65. The van der Waals surface area contributed by atoms with Crippen LogP contribution in [0.15, 0.2) is 36.4 Å². The van der Waals surface area contributed by atoms with E-state index in [0.29, 0.717) is 6.42 Å². The number of carbonyl (C=O) groups excluding carboxylic acids is 1. The lowest BCUT2D eigenvalue weighted by Gasteiger charge is -2.20. The molecular formula is C20H29NO3. The maximum Gasteiger partial charge on any atom is 0.220 e. The summed E-state index contributed by atoms with van der Waals surface area (Å²) in [5.74, 6) is 0.0795. The Bertz CT molecular complexity index is 572. The molecule has 0 saturated heterocycles. The summed E-state index contributed by atoms with van der Waals surface area (Å²) in [5.41, 5.74) is 2.16. The summed E-state index contributed by atoms with van der Waals surface area (Å²) in [4.78, 5) is 12.0. The Kier molecular flexibility index (Phi) is 6.19. The van der Waals surface area contributed by atoms with Gasteiger partial charge in [-0.25, -0.2) is 0 Å². The quantitative estimate of drug-likeness (QED) is 0.702. The Morgan fingerprint density at radius 2 is 1.92 bits per heavy atom. The van der Waals surface area contributed by atoms with E-state index in [2.05, 4.69) is 26.1 Å². The third-order valence-electron chi connectivity index (χ3n) is 4.56. The topological polar surface area (TPSA) is 69.6 Å². The standard InChI is InChI=1S/C20H29NO3/c1-20(2,3)16-7-5-15(6-8-16)18(23)10-11-19(24)21-17-9-4-14(12-17)13-22/h4-9,14,17-18,22-23H,10-13H2,1-3H3,(H,21,24)/t14-,17+,18?/m0/s1. The van der Waals surface area contributed by atoms with Crippen molar-refractivity contribution >= 4 is 5.91 Å². The van der Waals surface area contributed by atoms with E-state index in [1.54, 1.807) is 0 Å². The normalized spacial score (nSPS) is 21.7. The number of nitrogens with one attached hydrogen (secondary N) is 1. The van der Waals surface area contributed by atoms with Crippen LogP contribution in [-0.2, 0) is 10.2 Å². The molecule has 4 heteroatoms. The highest BCUT2D eigenvalue weighted by atomic mass is 16.3. The molecule has 1 aliphatic carbocycles. The molecule has 1 aliphatic rings. The Labute approximate surface area is 144 Å². The maximum absolute atomic E-state index is 12.0. The third kappa shape index (κ3) is 5.18. The molecule has 132 valence electrons. The van der Waals surface area contributed by atoms with E-state index in [0.717, 1.165) is 12.0 Å². The van der Waals surface area contributed by atoms with E-state index >= 15 is 0 Å². The van der Waals surface area contributed by atoms with Crippen molar-refractivity contribution in [3.63, 3.8) is 0 Å². The van der Waals surface area contributed by atoms with Gasteiger partial charge in [-0.05, 0) is 29.4 Å². The number of hydrogen-bond acceptors (Lipinski definition) is 3. The number of rotatable bonds is 6. The first kappa shape index (κ1) is 18.7. The molecule has 2 rings (SSSR count). The molecular weight excluding hydrogens is 302 g/mol. The van der Waals surface area contributed by atoms with E-state index in [4.69, 9.17) is 5.11 Å². The van der Waals surface area contributed by atoms with Crippen molar-refractivity contribution in [1.82, 2.24) is 5.32 Å². The Morgan fingerprint density at radius 3 is 2.46 bits per heavy atom. The molecule has 1 aromatic rings. The lowest BCUT2D eigenvalue weighted by molar-refractivity contribution is -0.122. The van der Waals surface area contributed by atoms with E-state index in [1.165, 1.54) is 5.56 Å². The van der Waals surface area contributed by atoms with Crippen molar-refractivity contribution in [2.24, 2.45) is 5.92 Å². The average molecular weight is 331 g/mol. The van der Waals surface area contributed by atoms with Crippen LogP contribution in [0.3, 0.4) is 0 Å². The second kappa shape index (κ2) is 7.95. The van der Waals surface area contributed by atoms with Gasteiger partial charge in [0.2, 0.25) is 5.91 Å². The molecule has 1 aromatic carbocycles. The first-order valence-corrected chi connectivity index (χ1v) is 8.66. The Morgan fingerprint density at radius 1 is 1.25 bits per heavy atom. The first-order chi connectivity index (χ1) is 11.3. The minimum absolute atomic E-state index is 0.00198. The molecule has 0 aliphatic heterocycles. The van der Waals surface area contributed by atoms with Crippen LogP contribution in [-0.4, -0.2) is 28.8 Å². The largest absolute Gasteiger partial charge is 0.396 e. The molecule has 0 radical (unpaired) electrons. The fraction of sp³-hybridized carbons (Fsp3) is 0.550. The Balaban J connectivity index is 1.79. The zero-order chi connectivity index (χ0) is 17.7. The summed E-state index contributed by atoms with van der Waals surface area (Å²) in [7, 11) is 0. The van der Waals surface area contributed by atoms with Crippen molar-refractivity contribution in [2.75, 3.05) is 6.61 Å². The molecule has 0 aromatic heterocycles. The fourth-order valence-electron chi connectivity index (χ4n) is 2.94. The van der Waals surface area contributed by atoms with Gasteiger partial charge in [0.1, 0.15) is 0 Å². The summed E-state index contributed by atoms with van der Waals surface area (Å²) in [6.07, 6.45) is 4.68. The molecule has 0 spiro atoms. The van der Waals surface area contributed by atoms with Crippen LogP contribution in [0.25, 0.3) is 0 Å². The van der Waals surface area contributed by atoms with Gasteiger partial charge < -0.3 is 15.5 Å². The van der Waals surface area contributed by atoms with Crippen molar-refractivity contribution in [1.29, 1.82) is 0 Å². The van der Waals surface area contributed by atoms with E-state index in [9.17, 15) is 9.90 Å². The van der Waals surface area contributed by atoms with Crippen LogP contribution in [0.1, 0.15) is 57.3 Å². The van der Waals surface area contributed by atoms with Gasteiger partial charge in [0.05, 0.1) is 6.10 Å². The molecule has 0 heterocycles. The van der Waals surface area contributed by atoms with Crippen LogP contribution < -0.4 is 5.32 Å². The minimum atomic E-state index is -0.630. The molecule has 3 atom stereocenters. The SMILES string of the molecule is CC(C)(C)c1ccc(C(O)CCC(=O)N[C@@H]2C=C[C@H](CO)C2)cc1. The number of amides is 1. The lowest BCUT2D eigenvalue weighted by Crippen LogP contribution is -2.32. The molecule has 3 N–H and O–H groups in total. The minimum Gasteiger partial charge on any atom is -0.396 e. The van der Waals surface area contributed by atoms with Crippen LogP contribution >= 0.6 is 0 Å². The smallest absolute Gasteiger partial charge is 0.220 e. The highest BCUT2D eigenvalue weighted by Crippen LogP contribution is 2.25. The predicted octanol–water partition coefficient (Wildman–Crippen LogP) is 2.85. The molecule has 1 unspecified atom stereocenters. The second-order valence-corrected chi connectivity index (χ2v) is 7.66. The lowest BCUT2D eigenvalue weighted by atomic mass is 9.86. The van der Waals surface area contributed by atoms with Crippen LogP contribution in [0.4, 0.5) is 0 Å². The zero-order valence-corrected chi connectivity index (χ0v) is 14.8.